The second kappa shape index (κ2) is 7.78. The van der Waals surface area contributed by atoms with Gasteiger partial charge in [0.2, 0.25) is 0 Å². The normalized spacial score (nSPS) is 24.3. The quantitative estimate of drug-likeness (QED) is 0.874. The maximum Gasteiger partial charge on any atom is 0.150 e. The Hall–Kier alpha value is -2.25. The minimum absolute atomic E-state index is 0.213. The lowest BCUT2D eigenvalue weighted by molar-refractivity contribution is 0.0336. The fraction of sp³-hybridized carbons (Fsp3) is 0.550. The summed E-state index contributed by atoms with van der Waals surface area (Å²) in [4.78, 5) is 20.5. The lowest BCUT2D eigenvalue weighted by Crippen LogP contribution is -2.59. The molecular weight excluding hydrogens is 340 g/mol. The van der Waals surface area contributed by atoms with E-state index in [-0.39, 0.29) is 12.1 Å². The van der Waals surface area contributed by atoms with Gasteiger partial charge in [-0.25, -0.2) is 9.97 Å². The standard InChI is InChI=1S/C20H28N6O/c1-15-13-22-16(2)20(23-15)26-8-6-17(18(27)14-26)24-9-11-25(12-10-24)19-5-3-4-7-21-19/h3-5,7,13,17-18,27H,6,8-12,14H2,1-2H3/t17-,18-/m0/s1. The summed E-state index contributed by atoms with van der Waals surface area (Å²) in [5.74, 6) is 1.95. The van der Waals surface area contributed by atoms with Gasteiger partial charge in [-0.1, -0.05) is 6.07 Å². The molecule has 7 nitrogen and oxygen atoms in total. The number of nitrogens with zero attached hydrogens (tertiary/aromatic N) is 6. The molecule has 2 saturated heterocycles. The van der Waals surface area contributed by atoms with E-state index in [1.807, 2.05) is 32.2 Å². The first-order valence-electron chi connectivity index (χ1n) is 9.75. The number of β-amino-alcohol motifs (C(OH)–C–C–N with tert-alkyl or cyclic N) is 1. The van der Waals surface area contributed by atoms with Crippen molar-refractivity contribution in [1.29, 1.82) is 0 Å². The molecule has 0 amide bonds. The number of anilines is 2. The summed E-state index contributed by atoms with van der Waals surface area (Å²) in [6, 6.07) is 6.26. The third kappa shape index (κ3) is 3.89. The average molecular weight is 368 g/mol. The molecule has 0 aromatic carbocycles. The zero-order valence-electron chi connectivity index (χ0n) is 16.1. The summed E-state index contributed by atoms with van der Waals surface area (Å²) >= 11 is 0. The van der Waals surface area contributed by atoms with Crippen LogP contribution in [0.1, 0.15) is 17.8 Å². The molecule has 2 aliphatic rings. The van der Waals surface area contributed by atoms with Crippen molar-refractivity contribution in [2.45, 2.75) is 32.4 Å². The van der Waals surface area contributed by atoms with Crippen molar-refractivity contribution >= 4 is 11.6 Å². The fourth-order valence-electron chi connectivity index (χ4n) is 4.19. The molecule has 4 rings (SSSR count). The predicted octanol–water partition coefficient (Wildman–Crippen LogP) is 1.25. The molecular formula is C20H28N6O. The Kier molecular flexibility index (Phi) is 5.22. The number of piperidine rings is 1. The minimum Gasteiger partial charge on any atom is -0.390 e. The number of aryl methyl sites for hydroxylation is 2. The molecule has 7 heteroatoms. The SMILES string of the molecule is Cc1cnc(C)c(N2CC[C@H](N3CCN(c4ccccn4)CC3)[C@@H](O)C2)n1. The van der Waals surface area contributed by atoms with E-state index in [0.29, 0.717) is 6.54 Å². The highest BCUT2D eigenvalue weighted by Crippen LogP contribution is 2.25. The molecule has 0 radical (unpaired) electrons. The summed E-state index contributed by atoms with van der Waals surface area (Å²) in [5, 5.41) is 10.8. The molecule has 0 bridgehead atoms. The fourth-order valence-corrected chi connectivity index (χ4v) is 4.19. The Balaban J connectivity index is 1.36. The van der Waals surface area contributed by atoms with E-state index < -0.39 is 0 Å². The number of aromatic nitrogens is 3. The van der Waals surface area contributed by atoms with Crippen LogP contribution in [-0.4, -0.2) is 76.4 Å². The van der Waals surface area contributed by atoms with Crippen molar-refractivity contribution < 1.29 is 5.11 Å². The van der Waals surface area contributed by atoms with Gasteiger partial charge in [0.25, 0.3) is 0 Å². The third-order valence-electron chi connectivity index (χ3n) is 5.65. The second-order valence-electron chi connectivity index (χ2n) is 7.50. The van der Waals surface area contributed by atoms with Gasteiger partial charge in [-0.15, -0.1) is 0 Å². The maximum absolute atomic E-state index is 10.8. The molecule has 4 heterocycles. The van der Waals surface area contributed by atoms with Crippen LogP contribution in [0.15, 0.2) is 30.6 Å². The number of hydrogen-bond acceptors (Lipinski definition) is 7. The van der Waals surface area contributed by atoms with Gasteiger partial charge < -0.3 is 14.9 Å². The van der Waals surface area contributed by atoms with Crippen LogP contribution >= 0.6 is 0 Å². The second-order valence-corrected chi connectivity index (χ2v) is 7.50. The summed E-state index contributed by atoms with van der Waals surface area (Å²) in [6.45, 7) is 9.28. The highest BCUT2D eigenvalue weighted by Gasteiger charge is 2.34. The van der Waals surface area contributed by atoms with Gasteiger partial charge in [-0.2, -0.15) is 0 Å². The Bertz CT molecular complexity index is 762. The van der Waals surface area contributed by atoms with E-state index >= 15 is 0 Å². The molecule has 2 fully saturated rings. The smallest absolute Gasteiger partial charge is 0.150 e. The van der Waals surface area contributed by atoms with Crippen LogP contribution in [0.5, 0.6) is 0 Å². The van der Waals surface area contributed by atoms with Gasteiger partial charge in [0, 0.05) is 57.7 Å². The van der Waals surface area contributed by atoms with E-state index in [1.165, 1.54) is 0 Å². The molecule has 0 unspecified atom stereocenters. The van der Waals surface area contributed by atoms with E-state index in [4.69, 9.17) is 0 Å². The van der Waals surface area contributed by atoms with Gasteiger partial charge in [-0.3, -0.25) is 9.88 Å². The lowest BCUT2D eigenvalue weighted by Gasteiger charge is -2.45. The zero-order chi connectivity index (χ0) is 18.8. The molecule has 2 aromatic rings. The number of aliphatic hydroxyl groups excluding tert-OH is 1. The van der Waals surface area contributed by atoms with Crippen LogP contribution in [0.2, 0.25) is 0 Å². The van der Waals surface area contributed by atoms with E-state index in [0.717, 1.165) is 62.2 Å². The molecule has 27 heavy (non-hydrogen) atoms. The Labute approximate surface area is 160 Å². The molecule has 0 saturated carbocycles. The van der Waals surface area contributed by atoms with Crippen molar-refractivity contribution in [3.8, 4) is 0 Å². The highest BCUT2D eigenvalue weighted by atomic mass is 16.3. The van der Waals surface area contributed by atoms with Gasteiger partial charge >= 0.3 is 0 Å². The molecule has 2 aliphatic heterocycles. The van der Waals surface area contributed by atoms with E-state index in [1.54, 1.807) is 6.20 Å². The summed E-state index contributed by atoms with van der Waals surface area (Å²) in [7, 11) is 0. The van der Waals surface area contributed by atoms with Crippen molar-refractivity contribution in [3.63, 3.8) is 0 Å². The Morgan fingerprint density at radius 3 is 2.52 bits per heavy atom. The van der Waals surface area contributed by atoms with Crippen LogP contribution in [0.3, 0.4) is 0 Å². The first-order valence-corrected chi connectivity index (χ1v) is 9.75. The monoisotopic (exact) mass is 368 g/mol. The molecule has 2 aromatic heterocycles. The van der Waals surface area contributed by atoms with Gasteiger partial charge in [-0.05, 0) is 32.4 Å². The van der Waals surface area contributed by atoms with Crippen molar-refractivity contribution in [2.75, 3.05) is 49.1 Å². The summed E-state index contributed by atoms with van der Waals surface area (Å²) in [6.07, 6.45) is 4.21. The molecule has 1 N–H and O–H groups in total. The molecule has 0 aliphatic carbocycles. The molecule has 144 valence electrons. The highest BCUT2D eigenvalue weighted by molar-refractivity contribution is 5.44. The third-order valence-corrected chi connectivity index (χ3v) is 5.65. The first kappa shape index (κ1) is 18.1. The van der Waals surface area contributed by atoms with Crippen LogP contribution in [0.25, 0.3) is 0 Å². The minimum atomic E-state index is -0.373. The van der Waals surface area contributed by atoms with Crippen molar-refractivity contribution in [2.24, 2.45) is 0 Å². The first-order chi connectivity index (χ1) is 13.1. The topological polar surface area (TPSA) is 68.6 Å². The zero-order valence-corrected chi connectivity index (χ0v) is 16.1. The largest absolute Gasteiger partial charge is 0.390 e. The van der Waals surface area contributed by atoms with Crippen molar-refractivity contribution in [1.82, 2.24) is 19.9 Å². The number of rotatable bonds is 3. The number of hydrogen-bond donors (Lipinski definition) is 1. The van der Waals surface area contributed by atoms with Crippen LogP contribution in [0.4, 0.5) is 11.6 Å². The number of piperazine rings is 1. The average Bonchev–Trinajstić information content (AvgIpc) is 2.70. The van der Waals surface area contributed by atoms with Crippen molar-refractivity contribution in [3.05, 3.63) is 42.0 Å². The lowest BCUT2D eigenvalue weighted by atomic mass is 9.99. The van der Waals surface area contributed by atoms with Crippen LogP contribution in [0, 0.1) is 13.8 Å². The molecule has 0 spiro atoms. The number of pyridine rings is 1. The Morgan fingerprint density at radius 2 is 1.81 bits per heavy atom. The van der Waals surface area contributed by atoms with Gasteiger partial charge in [0.15, 0.2) is 0 Å². The molecule has 2 atom stereocenters. The summed E-state index contributed by atoms with van der Waals surface area (Å²) in [5.41, 5.74) is 1.84. The van der Waals surface area contributed by atoms with Gasteiger partial charge in [0.1, 0.15) is 11.6 Å². The predicted molar refractivity (Wildman–Crippen MR) is 106 cm³/mol. The van der Waals surface area contributed by atoms with E-state index in [2.05, 4.69) is 35.7 Å². The Morgan fingerprint density at radius 1 is 1.00 bits per heavy atom. The van der Waals surface area contributed by atoms with Crippen LogP contribution < -0.4 is 9.80 Å². The number of aliphatic hydroxyl groups is 1. The van der Waals surface area contributed by atoms with E-state index in [9.17, 15) is 5.11 Å². The maximum atomic E-state index is 10.8. The van der Waals surface area contributed by atoms with Gasteiger partial charge in [0.05, 0.1) is 17.5 Å². The summed E-state index contributed by atoms with van der Waals surface area (Å²) < 4.78 is 0. The van der Waals surface area contributed by atoms with Crippen LogP contribution in [-0.2, 0) is 0 Å².